The van der Waals surface area contributed by atoms with Crippen molar-refractivity contribution in [1.82, 2.24) is 9.80 Å². The lowest BCUT2D eigenvalue weighted by atomic mass is 10.0. The summed E-state index contributed by atoms with van der Waals surface area (Å²) in [5.74, 6) is -2.30. The van der Waals surface area contributed by atoms with Gasteiger partial charge in [-0.25, -0.2) is 14.6 Å². The van der Waals surface area contributed by atoms with Gasteiger partial charge in [-0.3, -0.25) is 0 Å². The summed E-state index contributed by atoms with van der Waals surface area (Å²) in [4.78, 5) is 31.9. The summed E-state index contributed by atoms with van der Waals surface area (Å²) in [6.45, 7) is 2.66. The van der Waals surface area contributed by atoms with Crippen molar-refractivity contribution in [2.75, 3.05) is 38.5 Å². The van der Waals surface area contributed by atoms with E-state index in [0.717, 1.165) is 29.9 Å². The second-order valence-corrected chi connectivity index (χ2v) is 9.85. The summed E-state index contributed by atoms with van der Waals surface area (Å²) in [7, 11) is 1.98. The first-order valence-electron chi connectivity index (χ1n) is 11.3. The number of hydrogen-bond acceptors (Lipinski definition) is 7. The molecule has 2 aliphatic rings. The SMILES string of the molecule is CN1CCN(C2=Nc3cc(C(F)(F)F)ccc3Nc3sc4ccc(/C(=C\C(=O)O)C(=O)O)cc4c32)CC1. The fourth-order valence-electron chi connectivity index (χ4n) is 4.41. The third kappa shape index (κ3) is 4.77. The van der Waals surface area contributed by atoms with E-state index in [4.69, 9.17) is 10.1 Å². The number of benzene rings is 2. The van der Waals surface area contributed by atoms with Crippen molar-refractivity contribution in [2.45, 2.75) is 6.18 Å². The van der Waals surface area contributed by atoms with Crippen LogP contribution in [0, 0.1) is 0 Å². The van der Waals surface area contributed by atoms with Gasteiger partial charge in [0.05, 0.1) is 28.1 Å². The van der Waals surface area contributed by atoms with E-state index < -0.39 is 23.7 Å². The third-order valence-electron chi connectivity index (χ3n) is 6.32. The molecule has 0 bridgehead atoms. The number of nitrogens with one attached hydrogen (secondary N) is 1. The molecule has 0 atom stereocenters. The van der Waals surface area contributed by atoms with Gasteiger partial charge in [-0.05, 0) is 42.9 Å². The number of nitrogens with zero attached hydrogens (tertiary/aromatic N) is 3. The van der Waals surface area contributed by atoms with Crippen LogP contribution in [0.1, 0.15) is 16.7 Å². The first-order chi connectivity index (χ1) is 17.5. The first kappa shape index (κ1) is 24.8. The van der Waals surface area contributed by atoms with E-state index >= 15 is 0 Å². The quantitative estimate of drug-likeness (QED) is 0.416. The van der Waals surface area contributed by atoms with E-state index in [0.29, 0.717) is 46.6 Å². The second kappa shape index (κ2) is 9.20. The molecule has 3 heterocycles. The van der Waals surface area contributed by atoms with Gasteiger partial charge < -0.3 is 25.3 Å². The van der Waals surface area contributed by atoms with E-state index in [1.165, 1.54) is 23.5 Å². The van der Waals surface area contributed by atoms with Crippen LogP contribution in [0.15, 0.2) is 47.5 Å². The Bertz CT molecular complexity index is 1490. The number of hydrogen-bond donors (Lipinski definition) is 3. The zero-order valence-corrected chi connectivity index (χ0v) is 20.3. The van der Waals surface area contributed by atoms with Crippen LogP contribution in [0.2, 0.25) is 0 Å². The van der Waals surface area contributed by atoms with Crippen LogP contribution in [0.5, 0.6) is 0 Å². The average molecular weight is 531 g/mol. The standard InChI is InChI=1S/C25H21F3N4O4S/c1-31-6-8-32(9-7-31)22-21-16-10-13(15(24(35)36)12-20(33)34)2-5-19(16)37-23(21)30-17-4-3-14(25(26,27)28)11-18(17)29-22/h2-5,10-12,30H,6-9H2,1H3,(H,33,34)(H,35,36)/b15-12+. The summed E-state index contributed by atoms with van der Waals surface area (Å²) >= 11 is 1.36. The molecular weight excluding hydrogens is 509 g/mol. The van der Waals surface area contributed by atoms with E-state index in [1.54, 1.807) is 12.1 Å². The Labute approximate surface area is 212 Å². The van der Waals surface area contributed by atoms with Gasteiger partial charge in [0.15, 0.2) is 0 Å². The zero-order chi connectivity index (χ0) is 26.5. The molecule has 0 amide bonds. The smallest absolute Gasteiger partial charge is 0.416 e. The number of thiophene rings is 1. The van der Waals surface area contributed by atoms with Gasteiger partial charge in [-0.15, -0.1) is 11.3 Å². The number of aliphatic carboxylic acids is 2. The topological polar surface area (TPSA) is 105 Å². The normalized spacial score (nSPS) is 16.5. The van der Waals surface area contributed by atoms with Gasteiger partial charge in [-0.1, -0.05) is 6.07 Å². The van der Waals surface area contributed by atoms with E-state index in [2.05, 4.69) is 10.2 Å². The minimum atomic E-state index is -4.53. The number of amidine groups is 1. The van der Waals surface area contributed by atoms with Crippen LogP contribution < -0.4 is 5.32 Å². The summed E-state index contributed by atoms with van der Waals surface area (Å²) in [5, 5.41) is 23.3. The molecule has 1 aromatic heterocycles. The highest BCUT2D eigenvalue weighted by atomic mass is 32.1. The maximum absolute atomic E-state index is 13.5. The summed E-state index contributed by atoms with van der Waals surface area (Å²) in [6, 6.07) is 8.21. The number of alkyl halides is 3. The lowest BCUT2D eigenvalue weighted by Gasteiger charge is -2.34. The van der Waals surface area contributed by atoms with Gasteiger partial charge >= 0.3 is 18.1 Å². The molecule has 192 valence electrons. The molecule has 8 nitrogen and oxygen atoms in total. The Morgan fingerprint density at radius 2 is 1.81 bits per heavy atom. The number of anilines is 2. The summed E-state index contributed by atoms with van der Waals surface area (Å²) in [5.41, 5.74) is 0.206. The fourth-order valence-corrected chi connectivity index (χ4v) is 5.50. The molecule has 1 fully saturated rings. The van der Waals surface area contributed by atoms with E-state index in [9.17, 15) is 27.9 Å². The number of aliphatic imine (C=N–C) groups is 1. The van der Waals surface area contributed by atoms with Crippen LogP contribution in [-0.4, -0.2) is 71.0 Å². The summed E-state index contributed by atoms with van der Waals surface area (Å²) in [6.07, 6.45) is -3.89. The van der Waals surface area contributed by atoms with E-state index in [1.807, 2.05) is 11.9 Å². The Morgan fingerprint density at radius 3 is 2.46 bits per heavy atom. The third-order valence-corrected chi connectivity index (χ3v) is 7.41. The predicted octanol–water partition coefficient (Wildman–Crippen LogP) is 4.86. The molecule has 3 aromatic rings. The van der Waals surface area contributed by atoms with Gasteiger partial charge in [0, 0.05) is 42.3 Å². The molecule has 0 unspecified atom stereocenters. The van der Waals surface area contributed by atoms with Crippen molar-refractivity contribution < 1.29 is 33.0 Å². The molecular formula is C25H21F3N4O4S. The van der Waals surface area contributed by atoms with Crippen molar-refractivity contribution in [1.29, 1.82) is 0 Å². The molecule has 37 heavy (non-hydrogen) atoms. The highest BCUT2D eigenvalue weighted by molar-refractivity contribution is 7.23. The number of carbonyl (C=O) groups is 2. The number of fused-ring (bicyclic) bond motifs is 4. The molecule has 2 aromatic carbocycles. The van der Waals surface area contributed by atoms with Gasteiger partial charge in [0.1, 0.15) is 10.8 Å². The highest BCUT2D eigenvalue weighted by Gasteiger charge is 2.33. The Hall–Kier alpha value is -3.90. The number of carboxylic acids is 2. The Kier molecular flexibility index (Phi) is 6.16. The van der Waals surface area contributed by atoms with Gasteiger partial charge in [0.2, 0.25) is 0 Å². The van der Waals surface area contributed by atoms with Gasteiger partial charge in [0.25, 0.3) is 0 Å². The lowest BCUT2D eigenvalue weighted by molar-refractivity contribution is -0.137. The molecule has 0 spiro atoms. The number of rotatable bonds is 3. The van der Waals surface area contributed by atoms with Crippen LogP contribution in [-0.2, 0) is 15.8 Å². The molecule has 5 rings (SSSR count). The minimum absolute atomic E-state index is 0.147. The monoisotopic (exact) mass is 530 g/mol. The highest BCUT2D eigenvalue weighted by Crippen LogP contribution is 2.45. The van der Waals surface area contributed by atoms with Crippen molar-refractivity contribution in [3.8, 4) is 0 Å². The van der Waals surface area contributed by atoms with Crippen LogP contribution in [0.25, 0.3) is 15.7 Å². The minimum Gasteiger partial charge on any atom is -0.478 e. The maximum atomic E-state index is 13.5. The molecule has 0 aliphatic carbocycles. The van der Waals surface area contributed by atoms with Gasteiger partial charge in [-0.2, -0.15) is 13.2 Å². The number of halogens is 3. The van der Waals surface area contributed by atoms with Crippen LogP contribution >= 0.6 is 11.3 Å². The molecule has 3 N–H and O–H groups in total. The fraction of sp³-hybridized carbons (Fsp3) is 0.240. The van der Waals surface area contributed by atoms with Crippen molar-refractivity contribution in [2.24, 2.45) is 4.99 Å². The van der Waals surface area contributed by atoms with E-state index in [-0.39, 0.29) is 16.8 Å². The van der Waals surface area contributed by atoms with Crippen molar-refractivity contribution in [3.63, 3.8) is 0 Å². The maximum Gasteiger partial charge on any atom is 0.416 e. The van der Waals surface area contributed by atoms with Crippen LogP contribution in [0.4, 0.5) is 29.5 Å². The lowest BCUT2D eigenvalue weighted by Crippen LogP contribution is -2.47. The average Bonchev–Trinajstić information content (AvgIpc) is 3.09. The van der Waals surface area contributed by atoms with Crippen molar-refractivity contribution in [3.05, 3.63) is 59.2 Å². The number of likely N-dealkylation sites (N-methyl/N-ethyl adjacent to an activating group) is 1. The first-order valence-corrected chi connectivity index (χ1v) is 12.1. The molecule has 0 saturated carbocycles. The number of piperazine rings is 1. The Balaban J connectivity index is 1.73. The molecule has 12 heteroatoms. The molecule has 2 aliphatic heterocycles. The zero-order valence-electron chi connectivity index (χ0n) is 19.5. The predicted molar refractivity (Wildman–Crippen MR) is 135 cm³/mol. The van der Waals surface area contributed by atoms with Crippen molar-refractivity contribution >= 4 is 61.1 Å². The van der Waals surface area contributed by atoms with Crippen LogP contribution in [0.3, 0.4) is 0 Å². The largest absolute Gasteiger partial charge is 0.478 e. The second-order valence-electron chi connectivity index (χ2n) is 8.80. The molecule has 1 saturated heterocycles. The number of carboxylic acid groups (broad SMARTS) is 2. The Morgan fingerprint density at radius 1 is 1.08 bits per heavy atom. The molecule has 0 radical (unpaired) electrons. The summed E-state index contributed by atoms with van der Waals surface area (Å²) < 4.78 is 41.2.